The molecular weight excluding hydrogens is 969 g/mol. The van der Waals surface area contributed by atoms with Crippen LogP contribution in [0.1, 0.15) is 53.7 Å². The number of carbonyl (C=O) groups is 2. The first kappa shape index (κ1) is 53.4. The van der Waals surface area contributed by atoms with Gasteiger partial charge in [0.25, 0.3) is 0 Å². The number of rotatable bonds is 10. The van der Waals surface area contributed by atoms with Gasteiger partial charge in [0.2, 0.25) is 17.1 Å². The van der Waals surface area contributed by atoms with Gasteiger partial charge >= 0.3 is 18.4 Å². The number of alkyl halides is 6. The second kappa shape index (κ2) is 22.2. The largest absolute Gasteiger partial charge is 0.425 e. The summed E-state index contributed by atoms with van der Waals surface area (Å²) in [6, 6.07) is 21.0. The van der Waals surface area contributed by atoms with Gasteiger partial charge in [0, 0.05) is 100 Å². The quantitative estimate of drug-likeness (QED) is 0.0762. The molecule has 74 heavy (non-hydrogen) atoms. The molecule has 0 fully saturated rings. The molecule has 0 radical (unpaired) electrons. The summed E-state index contributed by atoms with van der Waals surface area (Å²) in [6.07, 6.45) is 8.74. The van der Waals surface area contributed by atoms with Crippen molar-refractivity contribution in [3.8, 4) is 0 Å². The Hall–Kier alpha value is -8.40. The van der Waals surface area contributed by atoms with Gasteiger partial charge in [-0.05, 0) is 60.5 Å². The number of halogens is 6. The van der Waals surface area contributed by atoms with Crippen molar-refractivity contribution in [2.24, 2.45) is 5.73 Å². The number of nitrogens with two attached hydrogens (primary N) is 1. The van der Waals surface area contributed by atoms with Gasteiger partial charge in [-0.1, -0.05) is 74.5 Å². The van der Waals surface area contributed by atoms with E-state index in [2.05, 4.69) is 38.4 Å². The number of H-pyrrole nitrogens is 1. The zero-order valence-corrected chi connectivity index (χ0v) is 40.0. The Bertz CT molecular complexity index is 3500. The van der Waals surface area contributed by atoms with Gasteiger partial charge < -0.3 is 25.1 Å². The Labute approximate surface area is 419 Å². The zero-order valence-electron chi connectivity index (χ0n) is 40.0. The summed E-state index contributed by atoms with van der Waals surface area (Å²) in [4.78, 5) is 31.2. The van der Waals surface area contributed by atoms with Crippen molar-refractivity contribution >= 4 is 55.5 Å². The van der Waals surface area contributed by atoms with Gasteiger partial charge in [0.15, 0.2) is 0 Å². The smallest absolute Gasteiger partial charge is 0.372 e. The van der Waals surface area contributed by atoms with Crippen LogP contribution in [0.2, 0.25) is 0 Å². The number of carbonyl (C=O) groups excluding carboxylic acids is 2. The number of hydrogen-bond donors (Lipinski definition) is 4. The molecule has 6 heterocycles. The normalized spacial score (nSPS) is 13.2. The first-order valence-electron chi connectivity index (χ1n) is 23.0. The standard InChI is InChI=1S/C24H22F3N3O2.C20H16F3N3O.C7H6N4O.C2H7N/c1-3-7-22(31)30-20-11-10-17(13-16(20)14-28-30)23(32,24(25,26)27)19-15-29(12-4-2)21-9-6-5-8-18(19)21;1-2-9-26-12-16(15-5-3-4-6-18(15)26)19(27,20(21,22)23)14-7-8-17-13(10-14)11-24-25-17;12-7(10-3-1-8-5-10)11-4-2-9-6-11;1-2-3/h4-6,8-11,13-15,32H,2-3,7,12H2,1H3;2-8,10-12,27H,1,9H2,(H,24,25);1-6H;2-3H2,1H3. The van der Waals surface area contributed by atoms with Crippen LogP contribution in [0.15, 0.2) is 172 Å². The first-order valence-corrected chi connectivity index (χ1v) is 23.0. The van der Waals surface area contributed by atoms with E-state index in [1.807, 2.05) is 13.8 Å². The van der Waals surface area contributed by atoms with Gasteiger partial charge in [-0.15, -0.1) is 13.2 Å². The van der Waals surface area contributed by atoms with Gasteiger partial charge in [0.1, 0.15) is 12.7 Å². The number of benzene rings is 4. The van der Waals surface area contributed by atoms with Crippen molar-refractivity contribution in [1.29, 1.82) is 0 Å². The molecule has 4 aromatic carbocycles. The number of allylic oxidation sites excluding steroid dienone is 2. The van der Waals surface area contributed by atoms with Crippen molar-refractivity contribution in [2.45, 2.75) is 63.3 Å². The van der Waals surface area contributed by atoms with Crippen molar-refractivity contribution < 1.29 is 46.1 Å². The maximum absolute atomic E-state index is 14.5. The highest BCUT2D eigenvalue weighted by Gasteiger charge is 2.58. The van der Waals surface area contributed by atoms with E-state index >= 15 is 0 Å². The van der Waals surface area contributed by atoms with Crippen LogP contribution in [0.5, 0.6) is 0 Å². The van der Waals surface area contributed by atoms with Crippen LogP contribution >= 0.6 is 0 Å². The number of nitrogens with zero attached hydrogens (tertiary/aromatic N) is 9. The number of para-hydroxylation sites is 2. The molecule has 0 bridgehead atoms. The van der Waals surface area contributed by atoms with Crippen LogP contribution in [0.25, 0.3) is 43.6 Å². The molecule has 0 spiro atoms. The van der Waals surface area contributed by atoms with Crippen LogP contribution in [0.4, 0.5) is 31.1 Å². The maximum Gasteiger partial charge on any atom is 0.425 e. The Morgan fingerprint density at radius 3 is 1.64 bits per heavy atom. The van der Waals surface area contributed by atoms with E-state index < -0.39 is 23.6 Å². The number of aliphatic hydroxyl groups is 2. The summed E-state index contributed by atoms with van der Waals surface area (Å²) in [5.74, 6) is -0.242. The van der Waals surface area contributed by atoms with E-state index in [0.717, 1.165) is 6.54 Å². The molecule has 21 heteroatoms. The highest BCUT2D eigenvalue weighted by Crippen LogP contribution is 2.49. The molecule has 2 unspecified atom stereocenters. The summed E-state index contributed by atoms with van der Waals surface area (Å²) in [5.41, 5.74) is -0.516. The SMILES string of the molecule is C=CCn1cc(C(O)(c2ccc3[nH]ncc3c2)C(F)(F)F)c2ccccc21.C=CCn1cc(C(O)(c2ccc3c(cnn3C(=O)CCC)c2)C(F)(F)F)c2ccccc21.CCN.O=C(n1ccnc1)n1ccnc1. The van der Waals surface area contributed by atoms with Crippen LogP contribution < -0.4 is 5.73 Å². The molecular formula is C53H51F6N11O4. The highest BCUT2D eigenvalue weighted by atomic mass is 19.4. The minimum Gasteiger partial charge on any atom is -0.372 e. The summed E-state index contributed by atoms with van der Waals surface area (Å²) in [6.45, 7) is 12.4. The fourth-order valence-electron chi connectivity index (χ4n) is 8.42. The molecule has 5 N–H and O–H groups in total. The van der Waals surface area contributed by atoms with Gasteiger partial charge in [0.05, 0.1) is 23.4 Å². The third-order valence-corrected chi connectivity index (χ3v) is 11.8. The molecule has 15 nitrogen and oxygen atoms in total. The second-order valence-corrected chi connectivity index (χ2v) is 16.7. The van der Waals surface area contributed by atoms with E-state index in [-0.39, 0.29) is 40.6 Å². The van der Waals surface area contributed by atoms with E-state index in [1.165, 1.54) is 87.7 Å². The van der Waals surface area contributed by atoms with Crippen molar-refractivity contribution in [1.82, 2.24) is 48.2 Å². The molecule has 0 amide bonds. The lowest BCUT2D eigenvalue weighted by atomic mass is 9.85. The van der Waals surface area contributed by atoms with Crippen molar-refractivity contribution in [3.05, 3.63) is 195 Å². The second-order valence-electron chi connectivity index (χ2n) is 16.7. The topological polar surface area (TPSA) is 193 Å². The molecule has 10 rings (SSSR count). The summed E-state index contributed by atoms with van der Waals surface area (Å²) in [7, 11) is 0. The lowest BCUT2D eigenvalue weighted by Crippen LogP contribution is -2.43. The Morgan fingerprint density at radius 1 is 0.689 bits per heavy atom. The zero-order chi connectivity index (χ0) is 53.4. The fourth-order valence-corrected chi connectivity index (χ4v) is 8.42. The predicted octanol–water partition coefficient (Wildman–Crippen LogP) is 10.5. The van der Waals surface area contributed by atoms with Crippen molar-refractivity contribution in [2.75, 3.05) is 6.54 Å². The number of fused-ring (bicyclic) bond motifs is 4. The number of aromatic nitrogens is 10. The molecule has 0 saturated heterocycles. The lowest BCUT2D eigenvalue weighted by molar-refractivity contribution is -0.248. The van der Waals surface area contributed by atoms with Gasteiger partial charge in [-0.3, -0.25) is 19.0 Å². The molecule has 384 valence electrons. The minimum absolute atomic E-state index is 0.190. The minimum atomic E-state index is -5.00. The van der Waals surface area contributed by atoms with E-state index in [9.17, 15) is 46.1 Å². The van der Waals surface area contributed by atoms with Gasteiger partial charge in [-0.25, -0.2) is 19.4 Å². The molecule has 0 aliphatic carbocycles. The Morgan fingerprint density at radius 2 is 1.18 bits per heavy atom. The number of nitrogens with one attached hydrogen (secondary N) is 1. The third-order valence-electron chi connectivity index (χ3n) is 11.8. The molecule has 0 aliphatic heterocycles. The molecule has 6 aromatic heterocycles. The Balaban J connectivity index is 0.000000171. The number of imidazole rings is 2. The van der Waals surface area contributed by atoms with Gasteiger partial charge in [-0.2, -0.15) is 36.5 Å². The summed E-state index contributed by atoms with van der Waals surface area (Å²) < 4.78 is 93.3. The number of hydrogen-bond acceptors (Lipinski definition) is 9. The van der Waals surface area contributed by atoms with Crippen LogP contribution in [-0.2, 0) is 24.3 Å². The third kappa shape index (κ3) is 10.3. The van der Waals surface area contributed by atoms with Crippen LogP contribution in [0, 0.1) is 0 Å². The van der Waals surface area contributed by atoms with E-state index in [1.54, 1.807) is 94.6 Å². The molecule has 0 saturated carbocycles. The fraction of sp³-hybridized carbons (Fsp3) is 0.208. The van der Waals surface area contributed by atoms with Crippen LogP contribution in [-0.4, -0.2) is 89.3 Å². The molecule has 2 atom stereocenters. The van der Waals surface area contributed by atoms with E-state index in [4.69, 9.17) is 5.73 Å². The molecule has 10 aromatic rings. The predicted molar refractivity (Wildman–Crippen MR) is 269 cm³/mol. The van der Waals surface area contributed by atoms with Crippen molar-refractivity contribution in [3.63, 3.8) is 0 Å². The summed E-state index contributed by atoms with van der Waals surface area (Å²) >= 11 is 0. The maximum atomic E-state index is 14.5. The first-order chi connectivity index (χ1) is 35.4. The van der Waals surface area contributed by atoms with E-state index in [0.29, 0.717) is 63.1 Å². The average Bonchev–Trinajstić information content (AvgIpc) is 4.26. The van der Waals surface area contributed by atoms with Crippen LogP contribution in [0.3, 0.4) is 0 Å². The lowest BCUT2D eigenvalue weighted by Gasteiger charge is -2.31. The molecule has 0 aliphatic rings. The Kier molecular flexibility index (Phi) is 16.0. The highest BCUT2D eigenvalue weighted by molar-refractivity contribution is 5.92. The average molecular weight is 1020 g/mol. The monoisotopic (exact) mass is 1020 g/mol. The summed E-state index contributed by atoms with van der Waals surface area (Å²) in [5, 5.41) is 34.4. The number of aromatic amines is 1.